The zero-order valence-electron chi connectivity index (χ0n) is 15.2. The first-order chi connectivity index (χ1) is 14.0. The van der Waals surface area contributed by atoms with Crippen molar-refractivity contribution in [1.29, 1.82) is 0 Å². The fraction of sp³-hybridized carbons (Fsp3) is 0.353. The molecule has 5 rings (SSSR count). The highest BCUT2D eigenvalue weighted by Gasteiger charge is 2.56. The molecule has 4 heterocycles. The Kier molecular flexibility index (Phi) is 4.74. The Morgan fingerprint density at radius 2 is 2.07 bits per heavy atom. The van der Waals surface area contributed by atoms with Crippen LogP contribution in [0.4, 0.5) is 5.82 Å². The van der Waals surface area contributed by atoms with Crippen LogP contribution >= 0.6 is 7.82 Å². The summed E-state index contributed by atoms with van der Waals surface area (Å²) in [4.78, 5) is 22.8. The van der Waals surface area contributed by atoms with Crippen LogP contribution in [0.25, 0.3) is 11.2 Å². The number of benzene rings is 1. The number of ether oxygens (including phenoxy) is 1. The monoisotopic (exact) mass is 414 g/mol. The molecular weight excluding hydrogens is 396 g/mol. The normalized spacial score (nSPS) is 31.7. The number of nitrogens with one attached hydrogen (secondary N) is 1. The Bertz CT molecular complexity index is 1020. The highest BCUT2D eigenvalue weighted by molar-refractivity contribution is 7.85. The fourth-order valence-electron chi connectivity index (χ4n) is 3.55. The molecule has 148 valence electrons. The number of hydrogen-bond donors (Lipinski definition) is 3. The second-order valence-electron chi connectivity index (χ2n) is 6.87. The smallest absolute Gasteiger partial charge is 0.385 e. The molecule has 29 heavy (non-hydrogen) atoms. The van der Waals surface area contributed by atoms with Crippen molar-refractivity contribution < 1.29 is 23.8 Å². The Morgan fingerprint density at radius 3 is 2.90 bits per heavy atom. The molecular formula is C17H18BN5O5P+. The number of imidazole rings is 1. The van der Waals surface area contributed by atoms with E-state index in [1.807, 2.05) is 30.3 Å². The Labute approximate surface area is 167 Å². The zero-order valence-corrected chi connectivity index (χ0v) is 16.1. The van der Waals surface area contributed by atoms with Gasteiger partial charge < -0.3 is 15.2 Å². The van der Waals surface area contributed by atoms with Crippen molar-refractivity contribution >= 4 is 32.4 Å². The first-order valence-electron chi connectivity index (χ1n) is 9.04. The summed E-state index contributed by atoms with van der Waals surface area (Å²) in [6, 6.07) is 9.92. The molecule has 2 aliphatic heterocycles. The molecule has 3 aromatic rings. The predicted molar refractivity (Wildman–Crippen MR) is 105 cm³/mol. The second-order valence-corrected chi connectivity index (χ2v) is 8.47. The van der Waals surface area contributed by atoms with Gasteiger partial charge in [0, 0.05) is 6.54 Å². The van der Waals surface area contributed by atoms with Crippen LogP contribution in [0.2, 0.25) is 0 Å². The molecule has 1 aromatic carbocycles. The van der Waals surface area contributed by atoms with Crippen LogP contribution in [0.3, 0.4) is 0 Å². The molecule has 0 aliphatic carbocycles. The number of aromatic nitrogens is 4. The van der Waals surface area contributed by atoms with Gasteiger partial charge in [-0.25, -0.2) is 19.8 Å². The number of anilines is 1. The topological polar surface area (TPSA) is 124 Å². The number of fused-ring (bicyclic) bond motifs is 2. The minimum absolute atomic E-state index is 0.0322. The Hall–Kier alpha value is -2.14. The summed E-state index contributed by atoms with van der Waals surface area (Å²) in [6.45, 7) is 0.612. The van der Waals surface area contributed by atoms with Crippen molar-refractivity contribution in [2.45, 2.75) is 31.1 Å². The summed E-state index contributed by atoms with van der Waals surface area (Å²) >= 11 is 0. The van der Waals surface area contributed by atoms with Crippen molar-refractivity contribution in [3.63, 3.8) is 0 Å². The highest BCUT2D eigenvalue weighted by Crippen LogP contribution is 2.58. The molecule has 2 aliphatic rings. The van der Waals surface area contributed by atoms with Crippen LogP contribution in [0, 0.1) is 0 Å². The van der Waals surface area contributed by atoms with Gasteiger partial charge in [0.25, 0.3) is 0 Å². The molecule has 2 saturated heterocycles. The lowest BCUT2D eigenvalue weighted by molar-refractivity contribution is -0.0603. The largest absolute Gasteiger partial charge is 0.488 e. The maximum atomic E-state index is 10.7. The van der Waals surface area contributed by atoms with E-state index in [1.165, 1.54) is 12.7 Å². The van der Waals surface area contributed by atoms with E-state index in [4.69, 9.17) is 21.4 Å². The number of aliphatic hydroxyl groups excluding tert-OH is 1. The number of nitrogens with zero attached hydrogens (tertiary/aromatic N) is 4. The maximum absolute atomic E-state index is 10.7. The third kappa shape index (κ3) is 3.50. The first kappa shape index (κ1) is 18.9. The molecule has 0 saturated carbocycles. The molecule has 2 aromatic heterocycles. The van der Waals surface area contributed by atoms with Crippen LogP contribution in [0.15, 0.2) is 43.0 Å². The van der Waals surface area contributed by atoms with Gasteiger partial charge in [-0.15, -0.1) is 0 Å². The second kappa shape index (κ2) is 7.28. The van der Waals surface area contributed by atoms with Gasteiger partial charge in [0.15, 0.2) is 29.3 Å². The summed E-state index contributed by atoms with van der Waals surface area (Å²) in [6.07, 6.45) is -0.295. The average Bonchev–Trinajstić information content (AvgIpc) is 3.28. The molecule has 10 nitrogen and oxygen atoms in total. The molecule has 5 atom stereocenters. The van der Waals surface area contributed by atoms with Gasteiger partial charge in [-0.2, -0.15) is 9.05 Å². The van der Waals surface area contributed by atoms with Crippen LogP contribution in [-0.4, -0.2) is 62.0 Å². The molecule has 0 bridgehead atoms. The quantitative estimate of drug-likeness (QED) is 0.423. The van der Waals surface area contributed by atoms with Crippen molar-refractivity contribution in [3.05, 3.63) is 48.5 Å². The third-order valence-corrected chi connectivity index (χ3v) is 6.01. The maximum Gasteiger partial charge on any atom is 0.488 e. The van der Waals surface area contributed by atoms with Gasteiger partial charge >= 0.3 is 15.4 Å². The van der Waals surface area contributed by atoms with Crippen molar-refractivity contribution in [2.75, 3.05) is 11.9 Å². The molecule has 2 radical (unpaired) electrons. The molecule has 2 fully saturated rings. The first-order valence-corrected chi connectivity index (χ1v) is 10.7. The summed E-state index contributed by atoms with van der Waals surface area (Å²) in [5, 5.41) is 14.0. The summed E-state index contributed by atoms with van der Waals surface area (Å²) in [5.41, 5.74) is 2.15. The Morgan fingerprint density at radius 1 is 1.24 bits per heavy atom. The van der Waals surface area contributed by atoms with Gasteiger partial charge in [-0.1, -0.05) is 30.3 Å². The number of rotatable bonds is 4. The van der Waals surface area contributed by atoms with Gasteiger partial charge in [-0.05, 0) is 5.56 Å². The van der Waals surface area contributed by atoms with E-state index in [1.54, 1.807) is 4.57 Å². The van der Waals surface area contributed by atoms with Gasteiger partial charge in [-0.3, -0.25) is 4.57 Å². The third-order valence-electron chi connectivity index (χ3n) is 4.94. The minimum atomic E-state index is -3.44. The number of aliphatic hydroxyl groups is 1. The Balaban J connectivity index is 1.40. The van der Waals surface area contributed by atoms with E-state index in [2.05, 4.69) is 20.3 Å². The summed E-state index contributed by atoms with van der Waals surface area (Å²) < 4.78 is 17.9. The SMILES string of the molecule is [B][P+]1(O)OC[C@H]2O[C@@H](n3cnc4c(NCc5ccccc5)ncnc43)C(O)[C@@H]2O1. The van der Waals surface area contributed by atoms with E-state index >= 15 is 0 Å². The van der Waals surface area contributed by atoms with Crippen molar-refractivity contribution in [3.8, 4) is 0 Å². The molecule has 12 heteroatoms. The van der Waals surface area contributed by atoms with E-state index in [0.717, 1.165) is 5.56 Å². The standard InChI is InChI=1S/C17H18BN5O5P/c18-29(25)26-7-11-14(28-29)13(24)17(27-11)23-9-22-12-15(20-8-21-16(12)23)19-6-10-4-2-1-3-5-10/h1-5,8-9,11,13-14,17,24-25H,6-7H2,(H,19,20,21)/q+1/t11-,13?,14-,17-,29?/m1/s1. The number of hydrogen-bond acceptors (Lipinski definition) is 9. The van der Waals surface area contributed by atoms with Crippen molar-refractivity contribution in [2.24, 2.45) is 0 Å². The fourth-order valence-corrected chi connectivity index (χ4v) is 4.58. The van der Waals surface area contributed by atoms with Crippen molar-refractivity contribution in [1.82, 2.24) is 19.5 Å². The van der Waals surface area contributed by atoms with Crippen LogP contribution in [-0.2, 0) is 20.3 Å². The van der Waals surface area contributed by atoms with Crippen LogP contribution in [0.1, 0.15) is 11.8 Å². The lowest BCUT2D eigenvalue weighted by Gasteiger charge is -2.27. The lowest BCUT2D eigenvalue weighted by atomic mass is 10.1. The highest BCUT2D eigenvalue weighted by atomic mass is 31.2. The van der Waals surface area contributed by atoms with E-state index in [0.29, 0.717) is 23.5 Å². The minimum Gasteiger partial charge on any atom is -0.385 e. The molecule has 0 amide bonds. The van der Waals surface area contributed by atoms with Gasteiger partial charge in [0.05, 0.1) is 6.33 Å². The van der Waals surface area contributed by atoms with Gasteiger partial charge in [0.1, 0.15) is 25.1 Å². The zero-order chi connectivity index (χ0) is 20.0. The van der Waals surface area contributed by atoms with E-state index in [-0.39, 0.29) is 6.61 Å². The molecule has 0 spiro atoms. The van der Waals surface area contributed by atoms with E-state index in [9.17, 15) is 10.00 Å². The van der Waals surface area contributed by atoms with Gasteiger partial charge in [0.2, 0.25) is 0 Å². The lowest BCUT2D eigenvalue weighted by Crippen LogP contribution is -2.40. The van der Waals surface area contributed by atoms with Crippen LogP contribution < -0.4 is 5.32 Å². The predicted octanol–water partition coefficient (Wildman–Crippen LogP) is 0.950. The van der Waals surface area contributed by atoms with Crippen LogP contribution in [0.5, 0.6) is 0 Å². The average molecular weight is 414 g/mol. The summed E-state index contributed by atoms with van der Waals surface area (Å²) in [5.74, 6) is 0.573. The van der Waals surface area contributed by atoms with E-state index < -0.39 is 32.4 Å². The molecule has 3 N–H and O–H groups in total. The summed E-state index contributed by atoms with van der Waals surface area (Å²) in [7, 11) is 2.12. The molecule has 2 unspecified atom stereocenters.